The van der Waals surface area contributed by atoms with E-state index in [9.17, 15) is 9.59 Å². The minimum absolute atomic E-state index is 0.0278. The largest absolute Gasteiger partial charge is 0.349 e. The summed E-state index contributed by atoms with van der Waals surface area (Å²) in [7, 11) is 0. The van der Waals surface area contributed by atoms with Crippen molar-refractivity contribution in [3.63, 3.8) is 0 Å². The number of likely N-dealkylation sites (tertiary alicyclic amines) is 1. The summed E-state index contributed by atoms with van der Waals surface area (Å²) in [4.78, 5) is 31.9. The van der Waals surface area contributed by atoms with Crippen LogP contribution in [0.4, 0.5) is 0 Å². The van der Waals surface area contributed by atoms with E-state index in [2.05, 4.69) is 63.9 Å². The lowest BCUT2D eigenvalue weighted by Crippen LogP contribution is -2.60. The van der Waals surface area contributed by atoms with Crippen LogP contribution in [0.1, 0.15) is 60.8 Å². The molecule has 206 valence electrons. The van der Waals surface area contributed by atoms with E-state index in [-0.39, 0.29) is 30.4 Å². The van der Waals surface area contributed by atoms with Crippen LogP contribution in [0.3, 0.4) is 0 Å². The van der Waals surface area contributed by atoms with Crippen molar-refractivity contribution in [1.82, 2.24) is 20.0 Å². The van der Waals surface area contributed by atoms with Crippen LogP contribution in [0.25, 0.3) is 0 Å². The summed E-state index contributed by atoms with van der Waals surface area (Å²) in [5, 5.41) is 3.30. The predicted molar refractivity (Wildman–Crippen MR) is 142 cm³/mol. The zero-order chi connectivity index (χ0) is 26.3. The molecule has 0 bridgehead atoms. The highest BCUT2D eigenvalue weighted by atomic mass is 16.7. The smallest absolute Gasteiger partial charge is 0.242 e. The van der Waals surface area contributed by atoms with Crippen molar-refractivity contribution in [2.24, 2.45) is 17.8 Å². The highest BCUT2D eigenvalue weighted by Crippen LogP contribution is 2.35. The molecular formula is C28H50N4O4. The first kappa shape index (κ1) is 29.1. The molecular weight excluding hydrogens is 456 g/mol. The molecule has 2 amide bonds. The van der Waals surface area contributed by atoms with E-state index in [4.69, 9.17) is 9.47 Å². The number of nitrogens with one attached hydrogen (secondary N) is 1. The summed E-state index contributed by atoms with van der Waals surface area (Å²) in [5.74, 6) is 1.18. The number of hydrogen-bond donors (Lipinski definition) is 1. The maximum atomic E-state index is 13.1. The van der Waals surface area contributed by atoms with Gasteiger partial charge >= 0.3 is 0 Å². The molecule has 36 heavy (non-hydrogen) atoms. The summed E-state index contributed by atoms with van der Waals surface area (Å²) in [6.45, 7) is 19.4. The number of hydrogen-bond acceptors (Lipinski definition) is 6. The van der Waals surface area contributed by atoms with Gasteiger partial charge in [0.1, 0.15) is 0 Å². The molecule has 0 aromatic carbocycles. The lowest BCUT2D eigenvalue weighted by Gasteiger charge is -2.48. The van der Waals surface area contributed by atoms with Gasteiger partial charge in [0.25, 0.3) is 0 Å². The molecule has 2 unspecified atom stereocenters. The van der Waals surface area contributed by atoms with E-state index in [1.54, 1.807) is 4.90 Å². The van der Waals surface area contributed by atoms with Gasteiger partial charge in [-0.05, 0) is 25.2 Å². The van der Waals surface area contributed by atoms with Gasteiger partial charge in [-0.25, -0.2) is 0 Å². The van der Waals surface area contributed by atoms with Gasteiger partial charge in [0, 0.05) is 64.1 Å². The Morgan fingerprint density at radius 1 is 1.11 bits per heavy atom. The van der Waals surface area contributed by atoms with Crippen LogP contribution in [0.5, 0.6) is 0 Å². The van der Waals surface area contributed by atoms with Crippen LogP contribution in [-0.2, 0) is 19.1 Å². The second-order valence-corrected chi connectivity index (χ2v) is 12.1. The Labute approximate surface area is 218 Å². The van der Waals surface area contributed by atoms with Crippen molar-refractivity contribution in [1.29, 1.82) is 0 Å². The fourth-order valence-corrected chi connectivity index (χ4v) is 5.44. The molecule has 2 atom stereocenters. The Balaban J connectivity index is 0.000000840. The first-order valence-electron chi connectivity index (χ1n) is 14.1. The van der Waals surface area contributed by atoms with Crippen molar-refractivity contribution in [2.75, 3.05) is 59.0 Å². The zero-order valence-electron chi connectivity index (χ0n) is 23.5. The summed E-state index contributed by atoms with van der Waals surface area (Å²) in [6, 6.07) is -0.146. The number of rotatable bonds is 6. The van der Waals surface area contributed by atoms with Gasteiger partial charge in [-0.2, -0.15) is 0 Å². The van der Waals surface area contributed by atoms with Gasteiger partial charge < -0.3 is 24.6 Å². The van der Waals surface area contributed by atoms with Gasteiger partial charge in [-0.3, -0.25) is 14.5 Å². The first-order valence-corrected chi connectivity index (χ1v) is 14.1. The average molecular weight is 507 g/mol. The van der Waals surface area contributed by atoms with E-state index in [1.165, 1.54) is 0 Å². The molecule has 4 rings (SSSR count). The van der Waals surface area contributed by atoms with Crippen LogP contribution >= 0.6 is 0 Å². The molecule has 1 N–H and O–H groups in total. The van der Waals surface area contributed by atoms with Crippen LogP contribution in [0.15, 0.2) is 12.2 Å². The molecule has 4 aliphatic rings. The fraction of sp³-hybridized carbons (Fsp3) is 0.857. The monoisotopic (exact) mass is 506 g/mol. The summed E-state index contributed by atoms with van der Waals surface area (Å²) in [6.07, 6.45) is 6.59. The van der Waals surface area contributed by atoms with Crippen molar-refractivity contribution >= 4 is 11.8 Å². The van der Waals surface area contributed by atoms with Gasteiger partial charge in [-0.1, -0.05) is 46.8 Å². The third-order valence-electron chi connectivity index (χ3n) is 7.18. The number of ether oxygens (including phenoxy) is 2. The van der Waals surface area contributed by atoms with Crippen molar-refractivity contribution in [2.45, 2.75) is 78.7 Å². The van der Waals surface area contributed by atoms with Crippen LogP contribution in [-0.4, -0.2) is 103 Å². The van der Waals surface area contributed by atoms with Crippen molar-refractivity contribution in [3.8, 4) is 0 Å². The third kappa shape index (κ3) is 8.27. The lowest BCUT2D eigenvalue weighted by molar-refractivity contribution is -0.303. The first-order chi connectivity index (χ1) is 17.1. The molecule has 3 fully saturated rings. The second kappa shape index (κ2) is 13.4. The number of amides is 2. The standard InChI is InChI=1S/C24H40N4O4.C4H10/c1-18(2)12-21-23(30)27(11-7-25-21)15-22(29)28-10-6-24(13-19(28)3)31-16-20(17-32-24)14-26-8-4-5-9-26;1-4(2)3/h4-5,18-21,25H,6-17H2,1-3H3;4H,1-3H3. The number of carbonyl (C=O) groups is 2. The minimum atomic E-state index is -0.566. The van der Waals surface area contributed by atoms with E-state index >= 15 is 0 Å². The molecule has 4 heterocycles. The summed E-state index contributed by atoms with van der Waals surface area (Å²) >= 11 is 0. The Bertz CT molecular complexity index is 737. The predicted octanol–water partition coefficient (Wildman–Crippen LogP) is 2.74. The fourth-order valence-electron chi connectivity index (χ4n) is 5.44. The second-order valence-electron chi connectivity index (χ2n) is 12.1. The van der Waals surface area contributed by atoms with E-state index in [0.29, 0.717) is 51.0 Å². The third-order valence-corrected chi connectivity index (χ3v) is 7.18. The summed E-state index contributed by atoms with van der Waals surface area (Å²) < 4.78 is 12.5. The highest BCUT2D eigenvalue weighted by molar-refractivity contribution is 5.88. The van der Waals surface area contributed by atoms with E-state index in [1.807, 2.05) is 4.90 Å². The van der Waals surface area contributed by atoms with Crippen molar-refractivity contribution < 1.29 is 19.1 Å². The van der Waals surface area contributed by atoms with E-state index in [0.717, 1.165) is 38.5 Å². The maximum Gasteiger partial charge on any atom is 0.242 e. The molecule has 0 radical (unpaired) electrons. The number of nitrogens with zero attached hydrogens (tertiary/aromatic N) is 3. The number of piperidine rings is 1. The lowest BCUT2D eigenvalue weighted by atomic mass is 9.94. The molecule has 0 aliphatic carbocycles. The van der Waals surface area contributed by atoms with Crippen LogP contribution in [0.2, 0.25) is 0 Å². The zero-order valence-corrected chi connectivity index (χ0v) is 23.5. The Hall–Kier alpha value is -1.48. The normalized spacial score (nSPS) is 31.3. The molecule has 0 saturated carbocycles. The van der Waals surface area contributed by atoms with Crippen LogP contribution in [0, 0.1) is 17.8 Å². The highest BCUT2D eigenvalue weighted by Gasteiger charge is 2.45. The molecule has 4 aliphatic heterocycles. The molecule has 8 nitrogen and oxygen atoms in total. The quantitative estimate of drug-likeness (QED) is 0.559. The van der Waals surface area contributed by atoms with Gasteiger partial charge in [-0.15, -0.1) is 0 Å². The molecule has 0 aromatic rings. The maximum absolute atomic E-state index is 13.1. The van der Waals surface area contributed by atoms with Crippen LogP contribution < -0.4 is 5.32 Å². The Morgan fingerprint density at radius 2 is 1.75 bits per heavy atom. The Morgan fingerprint density at radius 3 is 2.33 bits per heavy atom. The van der Waals surface area contributed by atoms with Gasteiger partial charge in [0.2, 0.25) is 11.8 Å². The molecule has 1 spiro atoms. The molecule has 3 saturated heterocycles. The van der Waals surface area contributed by atoms with Gasteiger partial charge in [0.05, 0.1) is 25.8 Å². The summed E-state index contributed by atoms with van der Waals surface area (Å²) in [5.41, 5.74) is 0. The number of piperazine rings is 1. The SMILES string of the molecule is CC(C)C.CC(C)CC1NCCN(CC(=O)N2CCC3(CC2C)OCC(CN2CC=CC2)CO3)C1=O. The van der Waals surface area contributed by atoms with Crippen molar-refractivity contribution in [3.05, 3.63) is 12.2 Å². The van der Waals surface area contributed by atoms with E-state index < -0.39 is 5.79 Å². The Kier molecular flexibility index (Phi) is 10.8. The number of carbonyl (C=O) groups excluding carboxylic acids is 2. The van der Waals surface area contributed by atoms with Gasteiger partial charge in [0.15, 0.2) is 5.79 Å². The minimum Gasteiger partial charge on any atom is -0.349 e. The average Bonchev–Trinajstić information content (AvgIpc) is 3.31. The molecule has 8 heteroatoms. The molecule has 0 aromatic heterocycles. The topological polar surface area (TPSA) is 74.3 Å².